The van der Waals surface area contributed by atoms with Crippen LogP contribution in [0.1, 0.15) is 33.1 Å². The van der Waals surface area contributed by atoms with Crippen molar-refractivity contribution < 1.29 is 18.4 Å². The van der Waals surface area contributed by atoms with Crippen LogP contribution in [0.2, 0.25) is 0 Å². The molecule has 0 radical (unpaired) electrons. The predicted molar refractivity (Wildman–Crippen MR) is 63.2 cm³/mol. The summed E-state index contributed by atoms with van der Waals surface area (Å²) < 4.78 is 26.2. The molecule has 5 nitrogen and oxygen atoms in total. The highest BCUT2D eigenvalue weighted by atomic mass is 19.3. The summed E-state index contributed by atoms with van der Waals surface area (Å²) in [7, 11) is 0. The Bertz CT molecular complexity index is 406. The van der Waals surface area contributed by atoms with Crippen molar-refractivity contribution in [3.05, 3.63) is 0 Å². The number of likely N-dealkylation sites (tertiary alicyclic amines) is 1. The van der Waals surface area contributed by atoms with E-state index >= 15 is 0 Å². The van der Waals surface area contributed by atoms with E-state index in [-0.39, 0.29) is 12.3 Å². The van der Waals surface area contributed by atoms with E-state index in [1.807, 2.05) is 13.8 Å². The van der Waals surface area contributed by atoms with Crippen molar-refractivity contribution >= 4 is 11.8 Å². The molecule has 0 aromatic heterocycles. The fourth-order valence-corrected chi connectivity index (χ4v) is 2.16. The number of alkyl halides is 2. The number of amides is 2. The van der Waals surface area contributed by atoms with Gasteiger partial charge in [0.2, 0.25) is 11.8 Å². The van der Waals surface area contributed by atoms with E-state index in [1.165, 1.54) is 0 Å². The Hall–Kier alpha value is -1.71. The molecule has 2 fully saturated rings. The second-order valence-corrected chi connectivity index (χ2v) is 4.33. The van der Waals surface area contributed by atoms with Crippen molar-refractivity contribution in [3.8, 4) is 6.07 Å². The summed E-state index contributed by atoms with van der Waals surface area (Å²) in [6, 6.07) is -0.161. The maximum atomic E-state index is 13.1. The van der Waals surface area contributed by atoms with Crippen molar-refractivity contribution in [2.45, 2.75) is 51.1 Å². The fourth-order valence-electron chi connectivity index (χ4n) is 2.16. The van der Waals surface area contributed by atoms with E-state index in [0.29, 0.717) is 6.42 Å². The number of nitriles is 1. The lowest BCUT2D eigenvalue weighted by Crippen LogP contribution is -2.46. The van der Waals surface area contributed by atoms with Crippen LogP contribution >= 0.6 is 0 Å². The van der Waals surface area contributed by atoms with Crippen molar-refractivity contribution in [2.24, 2.45) is 0 Å². The van der Waals surface area contributed by atoms with Crippen LogP contribution in [0.3, 0.4) is 0 Å². The van der Waals surface area contributed by atoms with E-state index < -0.39 is 36.9 Å². The third-order valence-electron chi connectivity index (χ3n) is 3.00. The minimum Gasteiger partial charge on any atom is -0.344 e. The van der Waals surface area contributed by atoms with Gasteiger partial charge in [-0.1, -0.05) is 13.8 Å². The fraction of sp³-hybridized carbons (Fsp3) is 0.750. The minimum atomic E-state index is -3.02. The Morgan fingerprint density at radius 2 is 2.16 bits per heavy atom. The van der Waals surface area contributed by atoms with E-state index in [2.05, 4.69) is 5.32 Å². The summed E-state index contributed by atoms with van der Waals surface area (Å²) in [6.45, 7) is 3.26. The Morgan fingerprint density at radius 1 is 1.53 bits per heavy atom. The molecule has 2 saturated heterocycles. The van der Waals surface area contributed by atoms with Gasteiger partial charge in [-0.2, -0.15) is 5.26 Å². The molecule has 0 saturated carbocycles. The van der Waals surface area contributed by atoms with Crippen molar-refractivity contribution in [1.29, 1.82) is 5.26 Å². The molecule has 0 aliphatic carbocycles. The van der Waals surface area contributed by atoms with Crippen LogP contribution in [0.4, 0.5) is 8.78 Å². The maximum absolute atomic E-state index is 13.1. The number of nitrogens with one attached hydrogen (secondary N) is 1. The van der Waals surface area contributed by atoms with Crippen LogP contribution in [0.5, 0.6) is 0 Å². The van der Waals surface area contributed by atoms with Crippen molar-refractivity contribution in [1.82, 2.24) is 10.2 Å². The molecular weight excluding hydrogens is 256 g/mol. The molecule has 2 atom stereocenters. The second-order valence-electron chi connectivity index (χ2n) is 4.33. The molecule has 7 heteroatoms. The van der Waals surface area contributed by atoms with Crippen LogP contribution in [0.25, 0.3) is 0 Å². The van der Waals surface area contributed by atoms with Crippen molar-refractivity contribution in [3.63, 3.8) is 0 Å². The van der Waals surface area contributed by atoms with Crippen LogP contribution in [0, 0.1) is 11.3 Å². The minimum absolute atomic E-state index is 0.220. The van der Waals surface area contributed by atoms with Gasteiger partial charge >= 0.3 is 0 Å². The molecular formula is C12H17F2N3O2. The van der Waals surface area contributed by atoms with Gasteiger partial charge in [-0.25, -0.2) is 8.78 Å². The van der Waals surface area contributed by atoms with Crippen LogP contribution in [-0.4, -0.2) is 41.3 Å². The quantitative estimate of drug-likeness (QED) is 0.776. The average Bonchev–Trinajstić information content (AvgIpc) is 2.94. The third-order valence-corrected chi connectivity index (χ3v) is 3.00. The molecule has 2 unspecified atom stereocenters. The van der Waals surface area contributed by atoms with Gasteiger partial charge in [0.1, 0.15) is 12.1 Å². The summed E-state index contributed by atoms with van der Waals surface area (Å²) in [5.41, 5.74) is 0. The summed E-state index contributed by atoms with van der Waals surface area (Å²) in [4.78, 5) is 23.7. The summed E-state index contributed by atoms with van der Waals surface area (Å²) in [6.07, 6.45) is -0.106. The van der Waals surface area contributed by atoms with E-state index in [4.69, 9.17) is 5.26 Å². The highest BCUT2D eigenvalue weighted by molar-refractivity contribution is 5.91. The lowest BCUT2D eigenvalue weighted by atomic mass is 10.2. The molecule has 1 N–H and O–H groups in total. The molecule has 2 rings (SSSR count). The summed E-state index contributed by atoms with van der Waals surface area (Å²) in [5.74, 6) is -3.86. The first kappa shape index (κ1) is 15.3. The lowest BCUT2D eigenvalue weighted by Gasteiger charge is -2.22. The number of carbonyl (C=O) groups is 2. The van der Waals surface area contributed by atoms with Crippen molar-refractivity contribution in [2.75, 3.05) is 6.54 Å². The van der Waals surface area contributed by atoms with Gasteiger partial charge in [0, 0.05) is 12.8 Å². The Labute approximate surface area is 110 Å². The number of rotatable bonds is 1. The number of nitrogens with zero attached hydrogens (tertiary/aromatic N) is 2. The normalized spacial score (nSPS) is 28.2. The monoisotopic (exact) mass is 273 g/mol. The first-order chi connectivity index (χ1) is 8.93. The molecule has 2 aliphatic rings. The van der Waals surface area contributed by atoms with E-state index in [9.17, 15) is 18.4 Å². The predicted octanol–water partition coefficient (Wildman–Crippen LogP) is 1.05. The zero-order valence-corrected chi connectivity index (χ0v) is 10.9. The standard InChI is InChI=1S/C10H11F2N3O2.C2H6/c11-10(12)3-6(4-13)15(5-10)9(17)7-1-2-8(16)14-7;1-2/h6-7H,1-3,5H2,(H,14,16);1-2H3. The number of hydrogen-bond donors (Lipinski definition) is 1. The van der Waals surface area contributed by atoms with Crippen LogP contribution in [0.15, 0.2) is 0 Å². The lowest BCUT2D eigenvalue weighted by molar-refractivity contribution is -0.135. The SMILES string of the molecule is CC.N#CC1CC(F)(F)CN1C(=O)C1CCC(=O)N1. The van der Waals surface area contributed by atoms with E-state index in [1.54, 1.807) is 6.07 Å². The largest absolute Gasteiger partial charge is 0.344 e. The first-order valence-electron chi connectivity index (χ1n) is 6.30. The molecule has 106 valence electrons. The second kappa shape index (κ2) is 5.95. The summed E-state index contributed by atoms with van der Waals surface area (Å²) in [5, 5.41) is 11.2. The molecule has 2 aliphatic heterocycles. The molecule has 2 amide bonds. The summed E-state index contributed by atoms with van der Waals surface area (Å²) >= 11 is 0. The van der Waals surface area contributed by atoms with E-state index in [0.717, 1.165) is 4.90 Å². The van der Waals surface area contributed by atoms with Gasteiger partial charge in [0.15, 0.2) is 0 Å². The van der Waals surface area contributed by atoms with Gasteiger partial charge in [-0.05, 0) is 6.42 Å². The zero-order valence-electron chi connectivity index (χ0n) is 10.9. The third kappa shape index (κ3) is 3.40. The maximum Gasteiger partial charge on any atom is 0.268 e. The highest BCUT2D eigenvalue weighted by Crippen LogP contribution is 2.32. The topological polar surface area (TPSA) is 73.2 Å². The molecule has 0 spiro atoms. The number of hydrogen-bond acceptors (Lipinski definition) is 3. The zero-order chi connectivity index (χ0) is 14.6. The number of carbonyl (C=O) groups excluding carboxylic acids is 2. The molecule has 0 bridgehead atoms. The van der Waals surface area contributed by atoms with Gasteiger partial charge in [0.05, 0.1) is 12.6 Å². The molecule has 0 aromatic carbocycles. The first-order valence-corrected chi connectivity index (χ1v) is 6.30. The molecule has 0 aromatic rings. The smallest absolute Gasteiger partial charge is 0.268 e. The number of halogens is 2. The molecule has 19 heavy (non-hydrogen) atoms. The van der Waals surface area contributed by atoms with Crippen LogP contribution < -0.4 is 5.32 Å². The molecule has 2 heterocycles. The van der Waals surface area contributed by atoms with Crippen LogP contribution in [-0.2, 0) is 9.59 Å². The van der Waals surface area contributed by atoms with Gasteiger partial charge < -0.3 is 10.2 Å². The average molecular weight is 273 g/mol. The Morgan fingerprint density at radius 3 is 2.63 bits per heavy atom. The Balaban J connectivity index is 0.000000861. The van der Waals surface area contributed by atoms with Gasteiger partial charge in [-0.3, -0.25) is 9.59 Å². The Kier molecular flexibility index (Phi) is 4.81. The van der Waals surface area contributed by atoms with Gasteiger partial charge in [-0.15, -0.1) is 0 Å². The highest BCUT2D eigenvalue weighted by Gasteiger charge is 2.49. The van der Waals surface area contributed by atoms with Gasteiger partial charge in [0.25, 0.3) is 5.92 Å².